The quantitative estimate of drug-likeness (QED) is 0.110. The Hall–Kier alpha value is -4.22. The van der Waals surface area contributed by atoms with Gasteiger partial charge in [-0.1, -0.05) is 0 Å². The minimum Gasteiger partial charge on any atom is -0.207 e. The summed E-state index contributed by atoms with van der Waals surface area (Å²) >= 11 is 0. The molecule has 0 radical (unpaired) electrons. The lowest BCUT2D eigenvalue weighted by Crippen LogP contribution is -2.08. The summed E-state index contributed by atoms with van der Waals surface area (Å²) in [5, 5.41) is -10.6. The molecule has 0 saturated carbocycles. The molecule has 0 bridgehead atoms. The zero-order chi connectivity index (χ0) is 27.5. The van der Waals surface area contributed by atoms with E-state index in [1.165, 1.54) is 0 Å². The van der Waals surface area contributed by atoms with Gasteiger partial charge < -0.3 is 0 Å². The zero-order valence-corrected chi connectivity index (χ0v) is 17.8. The summed E-state index contributed by atoms with van der Waals surface area (Å²) in [5.41, 5.74) is -2.21. The first-order chi connectivity index (χ1) is 17.9. The molecule has 0 aliphatic rings. The molecule has 38 heavy (non-hydrogen) atoms. The minimum absolute atomic E-state index is 0.316. The molecule has 0 aliphatic heterocycles. The van der Waals surface area contributed by atoms with E-state index in [2.05, 4.69) is 0 Å². The molecule has 6 aromatic carbocycles. The highest BCUT2D eigenvalue weighted by molar-refractivity contribution is 6.26. The Kier molecular flexibility index (Phi) is 4.86. The maximum Gasteiger partial charge on any atom is 0.195 e. The van der Waals surface area contributed by atoms with Crippen molar-refractivity contribution in [1.29, 1.82) is 0 Å². The Morgan fingerprint density at radius 2 is 0.737 bits per heavy atom. The van der Waals surface area contributed by atoms with Crippen LogP contribution in [-0.4, -0.2) is 0 Å². The predicted molar refractivity (Wildman–Crippen MR) is 113 cm³/mol. The van der Waals surface area contributed by atoms with Gasteiger partial charge in [0.15, 0.2) is 52.4 Å². The molecule has 0 saturated heterocycles. The van der Waals surface area contributed by atoms with Crippen LogP contribution in [0.5, 0.6) is 0 Å². The smallest absolute Gasteiger partial charge is 0.195 e. The van der Waals surface area contributed by atoms with E-state index < -0.39 is 124 Å². The van der Waals surface area contributed by atoms with Crippen LogP contribution in [0.15, 0.2) is 24.3 Å². The van der Waals surface area contributed by atoms with Gasteiger partial charge in [-0.2, -0.15) is 0 Å². The summed E-state index contributed by atoms with van der Waals surface area (Å²) in [6, 6.07) is 1.90. The average Bonchev–Trinajstić information content (AvgIpc) is 2.84. The van der Waals surface area contributed by atoms with Crippen LogP contribution in [0.1, 0.15) is 0 Å². The van der Waals surface area contributed by atoms with Gasteiger partial charge in [0.05, 0.1) is 21.5 Å². The van der Waals surface area contributed by atoms with Crippen molar-refractivity contribution in [2.24, 2.45) is 0 Å². The number of hydrogen-bond acceptors (Lipinski definition) is 0. The van der Waals surface area contributed by atoms with Crippen LogP contribution >= 0.6 is 0 Å². The third kappa shape index (κ3) is 2.80. The van der Waals surface area contributed by atoms with Gasteiger partial charge in [0.2, 0.25) is 0 Å². The molecule has 0 amide bonds. The molecule has 6 rings (SSSR count). The first-order valence-electron chi connectivity index (χ1n) is 10.3. The van der Waals surface area contributed by atoms with Crippen molar-refractivity contribution < 1.29 is 52.7 Å². The first-order valence-corrected chi connectivity index (χ1v) is 10.3. The van der Waals surface area contributed by atoms with E-state index in [-0.39, 0.29) is 0 Å². The highest BCUT2D eigenvalue weighted by atomic mass is 19.2. The number of hydrogen-bond donors (Lipinski definition) is 0. The summed E-state index contributed by atoms with van der Waals surface area (Å²) < 4.78 is 177. The van der Waals surface area contributed by atoms with Gasteiger partial charge in [-0.25, -0.2) is 52.7 Å². The molecule has 0 N–H and O–H groups in total. The van der Waals surface area contributed by atoms with Crippen molar-refractivity contribution in [3.8, 4) is 11.1 Å². The number of fused-ring (bicyclic) bond motifs is 1. The van der Waals surface area contributed by atoms with Gasteiger partial charge in [0.25, 0.3) is 0 Å². The Morgan fingerprint density at radius 1 is 0.316 bits per heavy atom. The molecule has 6 aromatic rings. The molecule has 0 aromatic heterocycles. The van der Waals surface area contributed by atoms with E-state index in [0.29, 0.717) is 24.3 Å². The van der Waals surface area contributed by atoms with Gasteiger partial charge in [-0.05, 0) is 29.1 Å². The largest absolute Gasteiger partial charge is 0.207 e. The molecule has 0 unspecified atom stereocenters. The molecule has 12 heteroatoms. The lowest BCUT2D eigenvalue weighted by molar-refractivity contribution is 0.448. The third-order valence-corrected chi connectivity index (χ3v) is 6.43. The lowest BCUT2D eigenvalue weighted by atomic mass is 9.87. The van der Waals surface area contributed by atoms with E-state index in [9.17, 15) is 35.1 Å². The average molecular weight is 544 g/mol. The topological polar surface area (TPSA) is 0 Å². The van der Waals surface area contributed by atoms with Gasteiger partial charge in [-0.15, -0.1) is 0 Å². The van der Waals surface area contributed by atoms with Crippen molar-refractivity contribution in [3.63, 3.8) is 0 Å². The van der Waals surface area contributed by atoms with E-state index in [0.717, 1.165) is 0 Å². The van der Waals surface area contributed by atoms with Crippen LogP contribution in [0.2, 0.25) is 0 Å². The third-order valence-electron chi connectivity index (χ3n) is 6.43. The van der Waals surface area contributed by atoms with E-state index >= 15 is 17.6 Å². The maximum atomic E-state index is 15.4. The highest BCUT2D eigenvalue weighted by Gasteiger charge is 2.35. The number of benzene rings is 6. The van der Waals surface area contributed by atoms with Crippen LogP contribution in [0, 0.1) is 69.8 Å². The van der Waals surface area contributed by atoms with Crippen molar-refractivity contribution in [2.45, 2.75) is 0 Å². The van der Waals surface area contributed by atoms with Crippen LogP contribution in [0.4, 0.5) is 52.7 Å². The molecule has 0 atom stereocenters. The second kappa shape index (κ2) is 7.65. The number of rotatable bonds is 1. The Labute approximate surface area is 201 Å². The summed E-state index contributed by atoms with van der Waals surface area (Å²) in [7, 11) is 0. The molecular formula is C26H4F12. The second-order valence-corrected chi connectivity index (χ2v) is 8.39. The van der Waals surface area contributed by atoms with Gasteiger partial charge in [0.1, 0.15) is 17.5 Å². The fourth-order valence-corrected chi connectivity index (χ4v) is 4.92. The van der Waals surface area contributed by atoms with E-state index in [1.54, 1.807) is 0 Å². The SMILES string of the molecule is Fc1cc(F)c2c(F)cc(-c3c(F)c(F)c4c(F)c(F)c5c(F)c(F)c(F)c6c(F)c(F)c3c4c56)cc2c1. The monoisotopic (exact) mass is 544 g/mol. The second-order valence-electron chi connectivity index (χ2n) is 8.39. The van der Waals surface area contributed by atoms with Crippen molar-refractivity contribution in [2.75, 3.05) is 0 Å². The first kappa shape index (κ1) is 24.1. The molecule has 0 heterocycles. The van der Waals surface area contributed by atoms with Gasteiger partial charge in [-0.3, -0.25) is 0 Å². The van der Waals surface area contributed by atoms with Crippen LogP contribution in [-0.2, 0) is 0 Å². The predicted octanol–water partition coefficient (Wildman–Crippen LogP) is 9.07. The van der Waals surface area contributed by atoms with Crippen molar-refractivity contribution in [3.05, 3.63) is 94.1 Å². The normalized spacial score (nSPS) is 12.2. The fourth-order valence-electron chi connectivity index (χ4n) is 4.92. The molecular weight excluding hydrogens is 540 g/mol. The summed E-state index contributed by atoms with van der Waals surface area (Å²) in [5.74, 6) is -25.0. The molecule has 0 aliphatic carbocycles. The summed E-state index contributed by atoms with van der Waals surface area (Å²) in [6.45, 7) is 0. The fraction of sp³-hybridized carbons (Fsp3) is 0. The van der Waals surface area contributed by atoms with E-state index in [4.69, 9.17) is 0 Å². The standard InChI is InChI=1S/C26H4F12/c27-7-2-5-1-6(3-8(28)10(5)9(29)4-7)11-14-12-13-16(21(33)19(14)31)24(36)26(38)25(37)17(13)23(35)22(34)15(12)20(32)18(11)30/h1-4H. The lowest BCUT2D eigenvalue weighted by Gasteiger charge is -2.20. The molecule has 0 nitrogen and oxygen atoms in total. The Balaban J connectivity index is 1.95. The van der Waals surface area contributed by atoms with Crippen molar-refractivity contribution in [1.82, 2.24) is 0 Å². The summed E-state index contributed by atoms with van der Waals surface area (Å²) in [4.78, 5) is 0. The number of halogens is 12. The van der Waals surface area contributed by atoms with Gasteiger partial charge >= 0.3 is 0 Å². The van der Waals surface area contributed by atoms with Crippen LogP contribution in [0.3, 0.4) is 0 Å². The Morgan fingerprint density at radius 3 is 1.29 bits per heavy atom. The molecule has 0 spiro atoms. The van der Waals surface area contributed by atoms with Crippen LogP contribution < -0.4 is 0 Å². The highest BCUT2D eigenvalue weighted by Crippen LogP contribution is 2.48. The van der Waals surface area contributed by atoms with Gasteiger partial charge in [0, 0.05) is 27.8 Å². The van der Waals surface area contributed by atoms with Crippen LogP contribution in [0.25, 0.3) is 54.2 Å². The molecule has 0 fully saturated rings. The Bertz CT molecular complexity index is 2020. The van der Waals surface area contributed by atoms with E-state index in [1.807, 2.05) is 0 Å². The summed E-state index contributed by atoms with van der Waals surface area (Å²) in [6.07, 6.45) is 0. The zero-order valence-electron chi connectivity index (χ0n) is 17.8. The maximum absolute atomic E-state index is 15.4. The minimum atomic E-state index is -2.50. The van der Waals surface area contributed by atoms with Crippen molar-refractivity contribution >= 4 is 43.1 Å². The molecule has 192 valence electrons.